The topological polar surface area (TPSA) is 49.4 Å². The molecule has 0 unspecified atom stereocenters. The second kappa shape index (κ2) is 11.5. The van der Waals surface area contributed by atoms with Gasteiger partial charge in [-0.2, -0.15) is 0 Å². The molecule has 0 aromatic heterocycles. The summed E-state index contributed by atoms with van der Waals surface area (Å²) in [7, 11) is 0. The van der Waals surface area contributed by atoms with Crippen LogP contribution in [0.1, 0.15) is 62.1 Å². The van der Waals surface area contributed by atoms with Crippen molar-refractivity contribution < 1.29 is 14.0 Å². The minimum absolute atomic E-state index is 0.138. The van der Waals surface area contributed by atoms with E-state index in [2.05, 4.69) is 5.32 Å². The molecule has 1 saturated carbocycles. The van der Waals surface area contributed by atoms with Crippen LogP contribution < -0.4 is 5.32 Å². The second-order valence-corrected chi connectivity index (χ2v) is 9.00. The van der Waals surface area contributed by atoms with Crippen LogP contribution >= 0.6 is 11.6 Å². The molecular formula is C26H32ClFN2O2. The molecule has 0 bridgehead atoms. The van der Waals surface area contributed by atoms with Gasteiger partial charge in [0, 0.05) is 23.2 Å². The minimum Gasteiger partial charge on any atom is -0.352 e. The van der Waals surface area contributed by atoms with Crippen LogP contribution in [0.25, 0.3) is 0 Å². The number of hydrogen-bond acceptors (Lipinski definition) is 2. The van der Waals surface area contributed by atoms with Gasteiger partial charge in [-0.15, -0.1) is 0 Å². The Morgan fingerprint density at radius 2 is 1.84 bits per heavy atom. The fourth-order valence-corrected chi connectivity index (χ4v) is 4.62. The number of aryl methyl sites for hydroxylation is 1. The van der Waals surface area contributed by atoms with Crippen molar-refractivity contribution >= 4 is 23.4 Å². The summed E-state index contributed by atoms with van der Waals surface area (Å²) < 4.78 is 14.4. The van der Waals surface area contributed by atoms with Gasteiger partial charge < -0.3 is 10.2 Å². The van der Waals surface area contributed by atoms with E-state index < -0.39 is 11.9 Å². The molecule has 0 aliphatic heterocycles. The number of rotatable bonds is 8. The van der Waals surface area contributed by atoms with Crippen LogP contribution in [0.4, 0.5) is 4.39 Å². The fraction of sp³-hybridized carbons (Fsp3) is 0.462. The molecule has 2 aromatic carbocycles. The summed E-state index contributed by atoms with van der Waals surface area (Å²) >= 11 is 6.18. The number of halogens is 2. The molecule has 4 nitrogen and oxygen atoms in total. The van der Waals surface area contributed by atoms with Crippen molar-refractivity contribution in [3.05, 3.63) is 70.0 Å². The molecule has 1 aliphatic rings. The number of benzene rings is 2. The summed E-state index contributed by atoms with van der Waals surface area (Å²) in [5, 5.41) is 3.38. The predicted molar refractivity (Wildman–Crippen MR) is 126 cm³/mol. The Hall–Kier alpha value is -2.40. The molecule has 172 valence electrons. The zero-order valence-electron chi connectivity index (χ0n) is 18.9. The summed E-state index contributed by atoms with van der Waals surface area (Å²) in [6.07, 6.45) is 5.65. The third kappa shape index (κ3) is 6.10. The Labute approximate surface area is 195 Å². The maximum atomic E-state index is 14.4. The Morgan fingerprint density at radius 3 is 2.50 bits per heavy atom. The van der Waals surface area contributed by atoms with Crippen LogP contribution in [0.3, 0.4) is 0 Å². The number of carbonyl (C=O) groups is 2. The summed E-state index contributed by atoms with van der Waals surface area (Å²) in [4.78, 5) is 28.3. The first-order valence-corrected chi connectivity index (χ1v) is 11.9. The van der Waals surface area contributed by atoms with Gasteiger partial charge in [-0.25, -0.2) is 4.39 Å². The molecule has 0 heterocycles. The molecule has 3 rings (SSSR count). The van der Waals surface area contributed by atoms with Gasteiger partial charge >= 0.3 is 0 Å². The van der Waals surface area contributed by atoms with E-state index in [1.54, 1.807) is 11.0 Å². The molecular weight excluding hydrogens is 427 g/mol. The van der Waals surface area contributed by atoms with Crippen molar-refractivity contribution in [1.82, 2.24) is 10.2 Å². The highest BCUT2D eigenvalue weighted by Crippen LogP contribution is 2.23. The number of nitrogens with zero attached hydrogens (tertiary/aromatic N) is 1. The Morgan fingerprint density at radius 1 is 1.12 bits per heavy atom. The molecule has 32 heavy (non-hydrogen) atoms. The fourth-order valence-electron chi connectivity index (χ4n) is 4.39. The zero-order valence-corrected chi connectivity index (χ0v) is 19.6. The van der Waals surface area contributed by atoms with Crippen molar-refractivity contribution in [2.24, 2.45) is 0 Å². The molecule has 2 aromatic rings. The van der Waals surface area contributed by atoms with Crippen molar-refractivity contribution in [1.29, 1.82) is 0 Å². The number of hydrogen-bond donors (Lipinski definition) is 1. The number of nitrogens with one attached hydrogen (secondary N) is 1. The lowest BCUT2D eigenvalue weighted by molar-refractivity contribution is -0.141. The molecule has 0 radical (unpaired) electrons. The minimum atomic E-state index is -0.630. The van der Waals surface area contributed by atoms with Gasteiger partial charge in [0.25, 0.3) is 0 Å². The first kappa shape index (κ1) is 24.2. The Kier molecular flexibility index (Phi) is 8.68. The summed E-state index contributed by atoms with van der Waals surface area (Å²) in [5.74, 6) is -0.965. The number of amides is 2. The van der Waals surface area contributed by atoms with Crippen LogP contribution in [-0.4, -0.2) is 28.8 Å². The van der Waals surface area contributed by atoms with Gasteiger partial charge in [0.15, 0.2) is 0 Å². The third-order valence-electron chi connectivity index (χ3n) is 6.33. The maximum absolute atomic E-state index is 14.4. The van der Waals surface area contributed by atoms with E-state index in [1.807, 2.05) is 38.1 Å². The van der Waals surface area contributed by atoms with E-state index in [-0.39, 0.29) is 41.4 Å². The SMILES string of the molecule is CC[C@@H](C(=O)NC1CCCCC1)N(Cc1ccccc1C)C(=O)Cc1c(F)cccc1Cl. The first-order chi connectivity index (χ1) is 15.4. The monoisotopic (exact) mass is 458 g/mol. The lowest BCUT2D eigenvalue weighted by atomic mass is 9.95. The van der Waals surface area contributed by atoms with Gasteiger partial charge in [0.1, 0.15) is 11.9 Å². The van der Waals surface area contributed by atoms with Crippen LogP contribution in [0.5, 0.6) is 0 Å². The lowest BCUT2D eigenvalue weighted by Gasteiger charge is -2.33. The lowest BCUT2D eigenvalue weighted by Crippen LogP contribution is -2.52. The zero-order chi connectivity index (χ0) is 23.1. The van der Waals surface area contributed by atoms with Gasteiger partial charge in [0.05, 0.1) is 6.42 Å². The summed E-state index contributed by atoms with van der Waals surface area (Å²) in [6, 6.07) is 11.7. The van der Waals surface area contributed by atoms with Crippen molar-refractivity contribution in [2.75, 3.05) is 0 Å². The van der Waals surface area contributed by atoms with Crippen LogP contribution in [0.2, 0.25) is 5.02 Å². The largest absolute Gasteiger partial charge is 0.352 e. The molecule has 1 atom stereocenters. The Bertz CT molecular complexity index is 923. The van der Waals surface area contributed by atoms with E-state index >= 15 is 0 Å². The van der Waals surface area contributed by atoms with Crippen LogP contribution in [0, 0.1) is 12.7 Å². The van der Waals surface area contributed by atoms with Gasteiger partial charge in [-0.05, 0) is 49.4 Å². The van der Waals surface area contributed by atoms with Crippen molar-refractivity contribution in [3.63, 3.8) is 0 Å². The van der Waals surface area contributed by atoms with E-state index in [4.69, 9.17) is 11.6 Å². The molecule has 2 amide bonds. The smallest absolute Gasteiger partial charge is 0.243 e. The van der Waals surface area contributed by atoms with Gasteiger partial charge in [-0.1, -0.05) is 68.1 Å². The van der Waals surface area contributed by atoms with Crippen LogP contribution in [0.15, 0.2) is 42.5 Å². The van der Waals surface area contributed by atoms with Gasteiger partial charge in [0.2, 0.25) is 11.8 Å². The summed E-state index contributed by atoms with van der Waals surface area (Å²) in [6.45, 7) is 4.17. The normalized spacial score (nSPS) is 15.2. The van der Waals surface area contributed by atoms with E-state index in [1.165, 1.54) is 18.6 Å². The second-order valence-electron chi connectivity index (χ2n) is 8.59. The Balaban J connectivity index is 1.86. The molecule has 1 fully saturated rings. The first-order valence-electron chi connectivity index (χ1n) is 11.5. The summed E-state index contributed by atoms with van der Waals surface area (Å²) in [5.41, 5.74) is 2.16. The molecule has 1 N–H and O–H groups in total. The van der Waals surface area contributed by atoms with Crippen molar-refractivity contribution in [2.45, 2.75) is 77.4 Å². The highest BCUT2D eigenvalue weighted by atomic mass is 35.5. The molecule has 6 heteroatoms. The highest BCUT2D eigenvalue weighted by Gasteiger charge is 2.31. The average molecular weight is 459 g/mol. The standard InChI is InChI=1S/C26H32ClFN2O2/c1-3-24(26(32)29-20-12-5-4-6-13-20)30(17-19-11-8-7-10-18(19)2)25(31)16-21-22(27)14-9-15-23(21)28/h7-11,14-15,20,24H,3-6,12-13,16-17H2,1-2H3,(H,29,32)/t24-/m0/s1. The number of carbonyl (C=O) groups excluding carboxylic acids is 2. The third-order valence-corrected chi connectivity index (χ3v) is 6.68. The van der Waals surface area contributed by atoms with E-state index in [0.29, 0.717) is 6.42 Å². The van der Waals surface area contributed by atoms with Crippen LogP contribution in [-0.2, 0) is 22.6 Å². The predicted octanol–water partition coefficient (Wildman–Crippen LogP) is 5.59. The van der Waals surface area contributed by atoms with E-state index in [0.717, 1.165) is 36.8 Å². The van der Waals surface area contributed by atoms with Crippen molar-refractivity contribution in [3.8, 4) is 0 Å². The molecule has 1 aliphatic carbocycles. The maximum Gasteiger partial charge on any atom is 0.243 e. The molecule has 0 saturated heterocycles. The average Bonchev–Trinajstić information content (AvgIpc) is 2.78. The van der Waals surface area contributed by atoms with Gasteiger partial charge in [-0.3, -0.25) is 9.59 Å². The quantitative estimate of drug-likeness (QED) is 0.560. The van der Waals surface area contributed by atoms with E-state index in [9.17, 15) is 14.0 Å². The molecule has 0 spiro atoms. The highest BCUT2D eigenvalue weighted by molar-refractivity contribution is 6.31.